The van der Waals surface area contributed by atoms with E-state index in [0.717, 1.165) is 31.4 Å². The lowest BCUT2D eigenvalue weighted by molar-refractivity contribution is 0.204. The molecule has 1 atom stereocenters. The Morgan fingerprint density at radius 3 is 3.25 bits per heavy atom. The molecular weight excluding hydrogens is 222 g/mol. The number of ether oxygens (including phenoxy) is 1. The van der Waals surface area contributed by atoms with Gasteiger partial charge in [-0.1, -0.05) is 0 Å². The number of nitrogens with one attached hydrogen (secondary N) is 1. The predicted molar refractivity (Wildman–Crippen MR) is 67.2 cm³/mol. The van der Waals surface area contributed by atoms with E-state index in [0.29, 0.717) is 6.04 Å². The molecule has 0 saturated carbocycles. The maximum absolute atomic E-state index is 5.15. The highest BCUT2D eigenvalue weighted by Gasteiger charge is 2.19. The highest BCUT2D eigenvalue weighted by Crippen LogP contribution is 2.18. The third-order valence-electron chi connectivity index (χ3n) is 2.86. The third kappa shape index (κ3) is 3.17. The van der Waals surface area contributed by atoms with Crippen LogP contribution in [0, 0.1) is 0 Å². The highest BCUT2D eigenvalue weighted by atomic mass is 32.1. The Morgan fingerprint density at radius 2 is 2.62 bits per heavy atom. The second-order valence-corrected chi connectivity index (χ2v) is 4.92. The summed E-state index contributed by atoms with van der Waals surface area (Å²) in [5.74, 6) is 0. The summed E-state index contributed by atoms with van der Waals surface area (Å²) in [5.41, 5.74) is 0. The Morgan fingerprint density at radius 1 is 1.69 bits per heavy atom. The zero-order valence-electron chi connectivity index (χ0n) is 9.69. The van der Waals surface area contributed by atoms with Gasteiger partial charge < -0.3 is 15.0 Å². The zero-order chi connectivity index (χ0) is 11.2. The fourth-order valence-corrected chi connectivity index (χ4v) is 2.70. The van der Waals surface area contributed by atoms with Crippen LogP contribution < -0.4 is 10.2 Å². The summed E-state index contributed by atoms with van der Waals surface area (Å²) in [4.78, 5) is 6.69. The van der Waals surface area contributed by atoms with E-state index in [-0.39, 0.29) is 0 Å². The summed E-state index contributed by atoms with van der Waals surface area (Å²) in [7, 11) is 1.74. The number of methoxy groups -OCH3 is 1. The van der Waals surface area contributed by atoms with Gasteiger partial charge in [-0.05, 0) is 19.4 Å². The summed E-state index contributed by atoms with van der Waals surface area (Å²) in [5, 5.41) is 6.65. The van der Waals surface area contributed by atoms with Gasteiger partial charge in [0.1, 0.15) is 0 Å². The molecule has 1 unspecified atom stereocenters. The molecule has 1 aromatic rings. The van der Waals surface area contributed by atoms with Crippen molar-refractivity contribution < 1.29 is 4.74 Å². The summed E-state index contributed by atoms with van der Waals surface area (Å²) in [6.45, 7) is 3.87. The summed E-state index contributed by atoms with van der Waals surface area (Å²) in [6, 6.07) is 0.612. The van der Waals surface area contributed by atoms with E-state index >= 15 is 0 Å². The molecule has 1 fully saturated rings. The van der Waals surface area contributed by atoms with E-state index in [9.17, 15) is 0 Å². The van der Waals surface area contributed by atoms with E-state index in [4.69, 9.17) is 4.74 Å². The number of hydrogen-bond acceptors (Lipinski definition) is 5. The average molecular weight is 241 g/mol. The van der Waals surface area contributed by atoms with Gasteiger partial charge in [0.15, 0.2) is 5.13 Å². The molecule has 0 spiro atoms. The molecule has 2 rings (SSSR count). The van der Waals surface area contributed by atoms with Crippen LogP contribution in [0.4, 0.5) is 5.13 Å². The number of thiazole rings is 1. The molecule has 1 saturated heterocycles. The van der Waals surface area contributed by atoms with Gasteiger partial charge in [0.25, 0.3) is 0 Å². The van der Waals surface area contributed by atoms with Crippen LogP contribution in [0.5, 0.6) is 0 Å². The van der Waals surface area contributed by atoms with Crippen molar-refractivity contribution in [3.8, 4) is 0 Å². The molecule has 0 aliphatic carbocycles. The van der Waals surface area contributed by atoms with Crippen LogP contribution in [-0.2, 0) is 4.74 Å². The molecule has 16 heavy (non-hydrogen) atoms. The van der Waals surface area contributed by atoms with Crippen LogP contribution in [-0.4, -0.2) is 44.4 Å². The number of aromatic nitrogens is 1. The maximum Gasteiger partial charge on any atom is 0.185 e. The van der Waals surface area contributed by atoms with Crippen molar-refractivity contribution in [3.05, 3.63) is 11.6 Å². The molecule has 5 heteroatoms. The van der Waals surface area contributed by atoms with Gasteiger partial charge in [-0.2, -0.15) is 0 Å². The molecule has 2 heterocycles. The fraction of sp³-hybridized carbons (Fsp3) is 0.727. The van der Waals surface area contributed by atoms with Gasteiger partial charge in [0.2, 0.25) is 0 Å². The average Bonchev–Trinajstić information content (AvgIpc) is 2.96. The summed E-state index contributed by atoms with van der Waals surface area (Å²) in [6.07, 6.45) is 4.43. The minimum Gasteiger partial charge on any atom is -0.383 e. The molecule has 1 aliphatic heterocycles. The minimum atomic E-state index is 0.612. The quantitative estimate of drug-likeness (QED) is 0.816. The van der Waals surface area contributed by atoms with Crippen molar-refractivity contribution in [1.29, 1.82) is 0 Å². The Hall–Kier alpha value is -0.650. The van der Waals surface area contributed by atoms with Crippen molar-refractivity contribution in [2.45, 2.75) is 18.9 Å². The van der Waals surface area contributed by atoms with E-state index in [2.05, 4.69) is 15.2 Å². The first kappa shape index (κ1) is 11.8. The Balaban J connectivity index is 1.91. The molecule has 4 nitrogen and oxygen atoms in total. The van der Waals surface area contributed by atoms with Crippen molar-refractivity contribution in [1.82, 2.24) is 10.3 Å². The van der Waals surface area contributed by atoms with E-state index in [1.54, 1.807) is 18.4 Å². The van der Waals surface area contributed by atoms with Crippen LogP contribution in [0.1, 0.15) is 12.8 Å². The van der Waals surface area contributed by atoms with Crippen LogP contribution in [0.3, 0.4) is 0 Å². The number of anilines is 1. The van der Waals surface area contributed by atoms with Gasteiger partial charge in [0.05, 0.1) is 6.61 Å². The largest absolute Gasteiger partial charge is 0.383 e. The lowest BCUT2D eigenvalue weighted by atomic mass is 10.2. The summed E-state index contributed by atoms with van der Waals surface area (Å²) < 4.78 is 5.15. The zero-order valence-corrected chi connectivity index (χ0v) is 10.5. The standard InChI is InChI=1S/C11H19N3OS/c1-15-7-6-14(11-13-5-8-16-11)9-10-3-2-4-12-10/h5,8,10,12H,2-4,6-7,9H2,1H3. The van der Waals surface area contributed by atoms with Crippen LogP contribution in [0.2, 0.25) is 0 Å². The van der Waals surface area contributed by atoms with Gasteiger partial charge in [-0.15, -0.1) is 11.3 Å². The molecule has 0 amide bonds. The van der Waals surface area contributed by atoms with Crippen molar-refractivity contribution >= 4 is 16.5 Å². The van der Waals surface area contributed by atoms with Gasteiger partial charge in [0, 0.05) is 37.8 Å². The molecule has 0 radical (unpaired) electrons. The SMILES string of the molecule is COCCN(CC1CCCN1)c1nccs1. The monoisotopic (exact) mass is 241 g/mol. The van der Waals surface area contributed by atoms with Gasteiger partial charge in [-0.25, -0.2) is 4.98 Å². The molecule has 90 valence electrons. The lowest BCUT2D eigenvalue weighted by Gasteiger charge is -2.24. The number of rotatable bonds is 6. The van der Waals surface area contributed by atoms with E-state index in [1.807, 2.05) is 11.6 Å². The topological polar surface area (TPSA) is 37.4 Å². The van der Waals surface area contributed by atoms with Crippen molar-refractivity contribution in [2.24, 2.45) is 0 Å². The second kappa shape index (κ2) is 6.18. The number of hydrogen-bond donors (Lipinski definition) is 1. The van der Waals surface area contributed by atoms with Gasteiger partial charge >= 0.3 is 0 Å². The fourth-order valence-electron chi connectivity index (χ4n) is 2.02. The Labute approximate surface area is 101 Å². The van der Waals surface area contributed by atoms with Crippen LogP contribution >= 0.6 is 11.3 Å². The maximum atomic E-state index is 5.15. The number of nitrogens with zero attached hydrogens (tertiary/aromatic N) is 2. The van der Waals surface area contributed by atoms with E-state index in [1.165, 1.54) is 12.8 Å². The first-order chi connectivity index (χ1) is 7.90. The first-order valence-electron chi connectivity index (χ1n) is 5.77. The molecule has 0 bridgehead atoms. The Kier molecular flexibility index (Phi) is 4.56. The highest BCUT2D eigenvalue weighted by molar-refractivity contribution is 7.13. The van der Waals surface area contributed by atoms with Crippen LogP contribution in [0.15, 0.2) is 11.6 Å². The van der Waals surface area contributed by atoms with Gasteiger partial charge in [-0.3, -0.25) is 0 Å². The van der Waals surface area contributed by atoms with E-state index < -0.39 is 0 Å². The molecule has 1 N–H and O–H groups in total. The lowest BCUT2D eigenvalue weighted by Crippen LogP contribution is -2.39. The smallest absolute Gasteiger partial charge is 0.185 e. The first-order valence-corrected chi connectivity index (χ1v) is 6.65. The molecule has 1 aliphatic rings. The molecular formula is C11H19N3OS. The van der Waals surface area contributed by atoms with Crippen molar-refractivity contribution in [3.63, 3.8) is 0 Å². The normalized spacial score (nSPS) is 20.2. The minimum absolute atomic E-state index is 0.612. The van der Waals surface area contributed by atoms with Crippen molar-refractivity contribution in [2.75, 3.05) is 38.3 Å². The predicted octanol–water partition coefficient (Wildman–Crippen LogP) is 1.35. The summed E-state index contributed by atoms with van der Waals surface area (Å²) >= 11 is 1.70. The molecule has 1 aromatic heterocycles. The van der Waals surface area contributed by atoms with Crippen LogP contribution in [0.25, 0.3) is 0 Å². The third-order valence-corrected chi connectivity index (χ3v) is 3.69. The Bertz CT molecular complexity index is 285. The molecule has 0 aromatic carbocycles. The second-order valence-electron chi connectivity index (χ2n) is 4.05.